The second-order valence-corrected chi connectivity index (χ2v) is 4.69. The minimum atomic E-state index is -0.169. The van der Waals surface area contributed by atoms with Gasteiger partial charge in [0.1, 0.15) is 0 Å². The molecule has 104 valence electrons. The Balaban J connectivity index is 2.22. The normalized spacial score (nSPS) is 10.1. The van der Waals surface area contributed by atoms with E-state index >= 15 is 0 Å². The van der Waals surface area contributed by atoms with E-state index < -0.39 is 0 Å². The molecular weight excluding hydrogens is 250 g/mol. The van der Waals surface area contributed by atoms with E-state index in [1.807, 2.05) is 37.4 Å². The molecule has 0 aromatic heterocycles. The summed E-state index contributed by atoms with van der Waals surface area (Å²) < 4.78 is 0. The third-order valence-corrected chi connectivity index (χ3v) is 3.21. The molecule has 0 aliphatic carbocycles. The van der Waals surface area contributed by atoms with Crippen molar-refractivity contribution in [1.29, 1.82) is 0 Å². The van der Waals surface area contributed by atoms with Crippen LogP contribution in [-0.4, -0.2) is 20.0 Å². The van der Waals surface area contributed by atoms with Crippen LogP contribution in [-0.2, 0) is 6.54 Å². The maximum Gasteiger partial charge on any atom is 0.253 e. The third-order valence-electron chi connectivity index (χ3n) is 3.21. The predicted octanol–water partition coefficient (Wildman–Crippen LogP) is 2.26. The largest absolute Gasteiger partial charge is 0.398 e. The van der Waals surface area contributed by atoms with Gasteiger partial charge in [-0.25, -0.2) is 0 Å². The Bertz CT molecular complexity index is 596. The van der Waals surface area contributed by atoms with E-state index in [1.165, 1.54) is 5.56 Å². The lowest BCUT2D eigenvalue weighted by molar-refractivity contribution is 0.0964. The number of anilines is 2. The molecule has 0 saturated carbocycles. The number of hydrogen-bond acceptors (Lipinski definition) is 3. The first-order valence-electron chi connectivity index (χ1n) is 6.48. The van der Waals surface area contributed by atoms with Gasteiger partial charge in [0.25, 0.3) is 5.91 Å². The summed E-state index contributed by atoms with van der Waals surface area (Å²) in [5.74, 6) is -0.169. The molecule has 0 spiro atoms. The van der Waals surface area contributed by atoms with Crippen LogP contribution in [0.2, 0.25) is 0 Å². The summed E-state index contributed by atoms with van der Waals surface area (Å²) in [5.41, 5.74) is 9.01. The predicted molar refractivity (Wildman–Crippen MR) is 82.8 cm³/mol. The molecule has 1 amide bonds. The molecule has 2 aromatic rings. The Hall–Kier alpha value is -2.49. The van der Waals surface area contributed by atoms with Crippen LogP contribution in [0.3, 0.4) is 0 Å². The Labute approximate surface area is 119 Å². The first kappa shape index (κ1) is 13.9. The minimum absolute atomic E-state index is 0.169. The van der Waals surface area contributed by atoms with Crippen LogP contribution in [0.15, 0.2) is 48.5 Å². The number of carbonyl (C=O) groups excluding carboxylic acids is 1. The SMILES string of the molecule is CNC(=O)c1cc(N(C)Cc2ccccc2)ccc1N. The summed E-state index contributed by atoms with van der Waals surface area (Å²) in [4.78, 5) is 13.8. The third kappa shape index (κ3) is 3.09. The average Bonchev–Trinajstić information content (AvgIpc) is 2.48. The molecule has 0 bridgehead atoms. The molecule has 4 heteroatoms. The van der Waals surface area contributed by atoms with Crippen molar-refractivity contribution in [1.82, 2.24) is 5.32 Å². The average molecular weight is 269 g/mol. The fourth-order valence-corrected chi connectivity index (χ4v) is 2.06. The second-order valence-electron chi connectivity index (χ2n) is 4.69. The van der Waals surface area contributed by atoms with Crippen molar-refractivity contribution < 1.29 is 4.79 Å². The Morgan fingerprint density at radius 2 is 1.90 bits per heavy atom. The highest BCUT2D eigenvalue weighted by atomic mass is 16.1. The van der Waals surface area contributed by atoms with Crippen molar-refractivity contribution >= 4 is 17.3 Å². The van der Waals surface area contributed by atoms with Crippen molar-refractivity contribution in [3.05, 3.63) is 59.7 Å². The van der Waals surface area contributed by atoms with Crippen LogP contribution in [0.1, 0.15) is 15.9 Å². The van der Waals surface area contributed by atoms with E-state index in [4.69, 9.17) is 5.73 Å². The molecule has 0 radical (unpaired) electrons. The van der Waals surface area contributed by atoms with Gasteiger partial charge in [-0.1, -0.05) is 30.3 Å². The van der Waals surface area contributed by atoms with Crippen LogP contribution in [0.4, 0.5) is 11.4 Å². The summed E-state index contributed by atoms with van der Waals surface area (Å²) in [6, 6.07) is 15.7. The van der Waals surface area contributed by atoms with Gasteiger partial charge in [-0.2, -0.15) is 0 Å². The number of nitrogens with one attached hydrogen (secondary N) is 1. The number of rotatable bonds is 4. The number of carbonyl (C=O) groups is 1. The van der Waals surface area contributed by atoms with Gasteiger partial charge < -0.3 is 16.0 Å². The number of nitrogens with two attached hydrogens (primary N) is 1. The molecule has 20 heavy (non-hydrogen) atoms. The van der Waals surface area contributed by atoms with E-state index in [9.17, 15) is 4.79 Å². The maximum atomic E-state index is 11.8. The van der Waals surface area contributed by atoms with E-state index in [2.05, 4.69) is 22.3 Å². The fourth-order valence-electron chi connectivity index (χ4n) is 2.06. The molecule has 2 aromatic carbocycles. The van der Waals surface area contributed by atoms with Crippen molar-refractivity contribution in [3.8, 4) is 0 Å². The zero-order chi connectivity index (χ0) is 14.5. The molecule has 0 fully saturated rings. The molecule has 3 N–H and O–H groups in total. The molecule has 0 heterocycles. The van der Waals surface area contributed by atoms with Gasteiger partial charge in [0.05, 0.1) is 5.56 Å². The van der Waals surface area contributed by atoms with Gasteiger partial charge in [-0.05, 0) is 23.8 Å². The lowest BCUT2D eigenvalue weighted by Crippen LogP contribution is -2.21. The smallest absolute Gasteiger partial charge is 0.253 e. The molecule has 4 nitrogen and oxygen atoms in total. The summed E-state index contributed by atoms with van der Waals surface area (Å²) in [6.45, 7) is 0.776. The number of amides is 1. The van der Waals surface area contributed by atoms with E-state index in [-0.39, 0.29) is 5.91 Å². The summed E-state index contributed by atoms with van der Waals surface area (Å²) in [7, 11) is 3.59. The Morgan fingerprint density at radius 3 is 2.55 bits per heavy atom. The summed E-state index contributed by atoms with van der Waals surface area (Å²) in [6.07, 6.45) is 0. The van der Waals surface area contributed by atoms with E-state index in [0.717, 1.165) is 12.2 Å². The van der Waals surface area contributed by atoms with Gasteiger partial charge in [-0.15, -0.1) is 0 Å². The zero-order valence-corrected chi connectivity index (χ0v) is 11.8. The van der Waals surface area contributed by atoms with Crippen LogP contribution < -0.4 is 16.0 Å². The quantitative estimate of drug-likeness (QED) is 0.837. The van der Waals surface area contributed by atoms with Gasteiger partial charge in [-0.3, -0.25) is 4.79 Å². The van der Waals surface area contributed by atoms with Gasteiger partial charge in [0.15, 0.2) is 0 Å². The number of nitrogen functional groups attached to an aromatic ring is 1. The van der Waals surface area contributed by atoms with Crippen LogP contribution in [0.25, 0.3) is 0 Å². The molecule has 2 rings (SSSR count). The van der Waals surface area contributed by atoms with Crippen LogP contribution in [0, 0.1) is 0 Å². The number of nitrogens with zero attached hydrogens (tertiary/aromatic N) is 1. The standard InChI is InChI=1S/C16H19N3O/c1-18-16(20)14-10-13(8-9-15(14)17)19(2)11-12-6-4-3-5-7-12/h3-10H,11,17H2,1-2H3,(H,18,20). The highest BCUT2D eigenvalue weighted by Crippen LogP contribution is 2.21. The van der Waals surface area contributed by atoms with Crippen molar-refractivity contribution in [3.63, 3.8) is 0 Å². The lowest BCUT2D eigenvalue weighted by atomic mass is 10.1. The highest BCUT2D eigenvalue weighted by Gasteiger charge is 2.10. The molecule has 0 unspecified atom stereocenters. The van der Waals surface area contributed by atoms with E-state index in [1.54, 1.807) is 13.1 Å². The fraction of sp³-hybridized carbons (Fsp3) is 0.188. The second kappa shape index (κ2) is 6.10. The summed E-state index contributed by atoms with van der Waals surface area (Å²) >= 11 is 0. The lowest BCUT2D eigenvalue weighted by Gasteiger charge is -2.20. The molecular formula is C16H19N3O. The van der Waals surface area contributed by atoms with Crippen LogP contribution >= 0.6 is 0 Å². The monoisotopic (exact) mass is 269 g/mol. The van der Waals surface area contributed by atoms with Crippen LogP contribution in [0.5, 0.6) is 0 Å². The first-order chi connectivity index (χ1) is 9.61. The van der Waals surface area contributed by atoms with Gasteiger partial charge >= 0.3 is 0 Å². The zero-order valence-electron chi connectivity index (χ0n) is 11.8. The van der Waals surface area contributed by atoms with E-state index in [0.29, 0.717) is 11.3 Å². The Morgan fingerprint density at radius 1 is 1.20 bits per heavy atom. The minimum Gasteiger partial charge on any atom is -0.398 e. The first-order valence-corrected chi connectivity index (χ1v) is 6.48. The van der Waals surface area contributed by atoms with Gasteiger partial charge in [0, 0.05) is 32.0 Å². The maximum absolute atomic E-state index is 11.8. The van der Waals surface area contributed by atoms with Crippen molar-refractivity contribution in [2.45, 2.75) is 6.54 Å². The molecule has 0 saturated heterocycles. The van der Waals surface area contributed by atoms with Gasteiger partial charge in [0.2, 0.25) is 0 Å². The van der Waals surface area contributed by atoms with Crippen molar-refractivity contribution in [2.24, 2.45) is 0 Å². The van der Waals surface area contributed by atoms with Crippen molar-refractivity contribution in [2.75, 3.05) is 24.7 Å². The molecule has 0 aliphatic rings. The number of hydrogen-bond donors (Lipinski definition) is 2. The topological polar surface area (TPSA) is 58.4 Å². The summed E-state index contributed by atoms with van der Waals surface area (Å²) in [5, 5.41) is 2.60. The Kier molecular flexibility index (Phi) is 4.25. The number of benzene rings is 2. The molecule has 0 atom stereocenters. The molecule has 0 aliphatic heterocycles. The highest BCUT2D eigenvalue weighted by molar-refractivity contribution is 5.99.